The molecule has 1 N–H and O–H groups in total. The molecule has 47 heavy (non-hydrogen) atoms. The largest absolute Gasteiger partial charge is 0.354 e. The highest BCUT2D eigenvalue weighted by atomic mass is 35.5. The van der Waals surface area contributed by atoms with Crippen LogP contribution in [0.15, 0.2) is 108 Å². The van der Waals surface area contributed by atoms with Crippen molar-refractivity contribution in [3.8, 4) is 0 Å². The topological polar surface area (TPSA) is 130 Å². The molecule has 0 aromatic heterocycles. The van der Waals surface area contributed by atoms with Crippen LogP contribution in [-0.2, 0) is 32.6 Å². The lowest BCUT2D eigenvalue weighted by Gasteiger charge is -2.34. The van der Waals surface area contributed by atoms with Gasteiger partial charge in [0.1, 0.15) is 12.6 Å². The molecule has 0 aliphatic rings. The number of rotatable bonds is 15. The average molecular weight is 698 g/mol. The van der Waals surface area contributed by atoms with Gasteiger partial charge in [-0.25, -0.2) is 8.42 Å². The van der Waals surface area contributed by atoms with Gasteiger partial charge < -0.3 is 10.2 Å². The zero-order valence-corrected chi connectivity index (χ0v) is 27.9. The van der Waals surface area contributed by atoms with E-state index in [1.165, 1.54) is 53.4 Å². The fraction of sp³-hybridized carbons (Fsp3) is 0.235. The van der Waals surface area contributed by atoms with Crippen LogP contribution in [0.2, 0.25) is 10.0 Å². The zero-order chi connectivity index (χ0) is 34.0. The number of sulfonamides is 1. The third-order valence-corrected chi connectivity index (χ3v) is 9.77. The molecule has 0 heterocycles. The predicted octanol–water partition coefficient (Wildman–Crippen LogP) is 6.65. The van der Waals surface area contributed by atoms with Crippen molar-refractivity contribution in [3.63, 3.8) is 0 Å². The lowest BCUT2D eigenvalue weighted by molar-refractivity contribution is -0.384. The number of anilines is 1. The molecule has 1 unspecified atom stereocenters. The second-order valence-electron chi connectivity index (χ2n) is 10.7. The molecule has 4 aromatic rings. The number of hydrogen-bond donors (Lipinski definition) is 1. The van der Waals surface area contributed by atoms with Crippen molar-refractivity contribution in [2.75, 3.05) is 17.4 Å². The summed E-state index contributed by atoms with van der Waals surface area (Å²) < 4.78 is 28.9. The van der Waals surface area contributed by atoms with Crippen LogP contribution in [0.1, 0.15) is 30.9 Å². The molecule has 4 aromatic carbocycles. The van der Waals surface area contributed by atoms with Crippen molar-refractivity contribution in [1.82, 2.24) is 10.2 Å². The molecule has 10 nitrogen and oxygen atoms in total. The maximum Gasteiger partial charge on any atom is 0.271 e. The third kappa shape index (κ3) is 9.31. The Balaban J connectivity index is 1.83. The Morgan fingerprint density at radius 3 is 2.23 bits per heavy atom. The van der Waals surface area contributed by atoms with Crippen LogP contribution >= 0.6 is 23.2 Å². The first-order valence-electron chi connectivity index (χ1n) is 14.9. The van der Waals surface area contributed by atoms with Gasteiger partial charge in [-0.1, -0.05) is 97.2 Å². The lowest BCUT2D eigenvalue weighted by atomic mass is 10.0. The maximum atomic E-state index is 14.5. The fourth-order valence-electron chi connectivity index (χ4n) is 4.90. The first-order valence-corrected chi connectivity index (χ1v) is 17.1. The fourth-order valence-corrected chi connectivity index (χ4v) is 6.80. The van der Waals surface area contributed by atoms with Gasteiger partial charge in [0.15, 0.2) is 0 Å². The summed E-state index contributed by atoms with van der Waals surface area (Å²) in [6.45, 7) is 1.45. The number of nitrogens with zero attached hydrogens (tertiary/aromatic N) is 3. The number of carbonyl (C=O) groups excluding carboxylic acids is 2. The molecular formula is C34H34Cl2N4O6S. The minimum atomic E-state index is -4.42. The number of unbranched alkanes of at least 4 members (excludes halogenated alkanes) is 1. The van der Waals surface area contributed by atoms with Crippen LogP contribution in [0.3, 0.4) is 0 Å². The summed E-state index contributed by atoms with van der Waals surface area (Å²) >= 11 is 12.7. The normalized spacial score (nSPS) is 11.8. The number of carbonyl (C=O) groups is 2. The first kappa shape index (κ1) is 35.4. The number of benzene rings is 4. The molecule has 13 heteroatoms. The standard InChI is InChI=1S/C34H34Cl2N4O6S/c1-2-3-19-37-34(42)32(20-25-11-6-4-7-12-25)38(23-26-17-18-27(35)21-31(26)36)33(41)24-39(28-13-10-14-29(22-28)40(43)44)47(45,46)30-15-8-5-9-16-30/h4-18,21-22,32H,2-3,19-20,23-24H2,1H3,(H,37,42). The zero-order valence-electron chi connectivity index (χ0n) is 25.6. The molecule has 1 atom stereocenters. The Bertz CT molecular complexity index is 1810. The first-order chi connectivity index (χ1) is 22.5. The number of non-ortho nitro benzene ring substituents is 1. The SMILES string of the molecule is CCCCNC(=O)C(Cc1ccccc1)N(Cc1ccc(Cl)cc1Cl)C(=O)CN(c1cccc([N+](=O)[O-])c1)S(=O)(=O)c1ccccc1. The molecule has 0 aliphatic carbocycles. The molecule has 0 saturated heterocycles. The second kappa shape index (κ2) is 16.4. The third-order valence-electron chi connectivity index (χ3n) is 7.40. The molecule has 0 radical (unpaired) electrons. The van der Waals surface area contributed by atoms with Crippen LogP contribution in [0, 0.1) is 10.1 Å². The van der Waals surface area contributed by atoms with E-state index in [0.717, 1.165) is 28.8 Å². The van der Waals surface area contributed by atoms with Gasteiger partial charge in [-0.05, 0) is 47.9 Å². The van der Waals surface area contributed by atoms with Crippen molar-refractivity contribution in [1.29, 1.82) is 0 Å². The van der Waals surface area contributed by atoms with E-state index in [4.69, 9.17) is 23.2 Å². The van der Waals surface area contributed by atoms with Crippen LogP contribution in [0.4, 0.5) is 11.4 Å². The van der Waals surface area contributed by atoms with Gasteiger partial charge in [0.2, 0.25) is 11.8 Å². The van der Waals surface area contributed by atoms with Crippen molar-refractivity contribution in [2.45, 2.75) is 43.7 Å². The summed E-state index contributed by atoms with van der Waals surface area (Å²) in [6.07, 6.45) is 1.68. The monoisotopic (exact) mass is 696 g/mol. The minimum Gasteiger partial charge on any atom is -0.354 e. The highest BCUT2D eigenvalue weighted by Gasteiger charge is 2.35. The van der Waals surface area contributed by atoms with E-state index in [-0.39, 0.29) is 34.3 Å². The summed E-state index contributed by atoms with van der Waals surface area (Å²) in [5.74, 6) is -1.15. The van der Waals surface area contributed by atoms with Gasteiger partial charge in [-0.3, -0.25) is 24.0 Å². The molecule has 0 saturated carbocycles. The van der Waals surface area contributed by atoms with Gasteiger partial charge >= 0.3 is 0 Å². The van der Waals surface area contributed by atoms with Crippen molar-refractivity contribution in [3.05, 3.63) is 134 Å². The molecule has 2 amide bonds. The van der Waals surface area contributed by atoms with Gasteiger partial charge in [0.05, 0.1) is 15.5 Å². The summed E-state index contributed by atoms with van der Waals surface area (Å²) in [7, 11) is -4.42. The van der Waals surface area contributed by atoms with Gasteiger partial charge in [-0.2, -0.15) is 0 Å². The average Bonchev–Trinajstić information content (AvgIpc) is 3.06. The van der Waals surface area contributed by atoms with Gasteiger partial charge in [-0.15, -0.1) is 0 Å². The van der Waals surface area contributed by atoms with Crippen molar-refractivity contribution < 1.29 is 22.9 Å². The van der Waals surface area contributed by atoms with Crippen LogP contribution < -0.4 is 9.62 Å². The quantitative estimate of drug-likeness (QED) is 0.0841. The Morgan fingerprint density at radius 1 is 0.915 bits per heavy atom. The van der Waals surface area contributed by atoms with Crippen LogP contribution in [-0.4, -0.2) is 49.2 Å². The van der Waals surface area contributed by atoms with Crippen LogP contribution in [0.5, 0.6) is 0 Å². The Hall–Kier alpha value is -4.45. The number of hydrogen-bond acceptors (Lipinski definition) is 6. The molecule has 0 spiro atoms. The van der Waals surface area contributed by atoms with Crippen LogP contribution in [0.25, 0.3) is 0 Å². The Morgan fingerprint density at radius 2 is 1.60 bits per heavy atom. The summed E-state index contributed by atoms with van der Waals surface area (Å²) in [5, 5.41) is 15.2. The Labute approximate surface area is 284 Å². The van der Waals surface area contributed by atoms with E-state index < -0.39 is 39.3 Å². The number of nitro groups is 1. The summed E-state index contributed by atoms with van der Waals surface area (Å²) in [5.41, 5.74) is 0.811. The smallest absolute Gasteiger partial charge is 0.271 e. The lowest BCUT2D eigenvalue weighted by Crippen LogP contribution is -2.53. The van der Waals surface area contributed by atoms with E-state index in [2.05, 4.69) is 5.32 Å². The highest BCUT2D eigenvalue weighted by Crippen LogP contribution is 2.29. The number of nitrogens with one attached hydrogen (secondary N) is 1. The van der Waals surface area contributed by atoms with Crippen molar-refractivity contribution in [2.24, 2.45) is 0 Å². The van der Waals surface area contributed by atoms with E-state index in [1.807, 2.05) is 37.3 Å². The minimum absolute atomic E-state index is 0.0899. The molecular weight excluding hydrogens is 663 g/mol. The van der Waals surface area contributed by atoms with Crippen molar-refractivity contribution >= 4 is 56.4 Å². The molecule has 0 aliphatic heterocycles. The number of halogens is 2. The second-order valence-corrected chi connectivity index (χ2v) is 13.4. The highest BCUT2D eigenvalue weighted by molar-refractivity contribution is 7.92. The van der Waals surface area contributed by atoms with E-state index in [9.17, 15) is 28.1 Å². The number of amides is 2. The van der Waals surface area contributed by atoms with E-state index in [0.29, 0.717) is 17.1 Å². The Kier molecular flexibility index (Phi) is 12.4. The summed E-state index contributed by atoms with van der Waals surface area (Å²) in [6, 6.07) is 25.3. The molecule has 0 fully saturated rings. The maximum absolute atomic E-state index is 14.5. The predicted molar refractivity (Wildman–Crippen MR) is 183 cm³/mol. The molecule has 4 rings (SSSR count). The number of nitro benzene ring substituents is 1. The molecule has 0 bridgehead atoms. The van der Waals surface area contributed by atoms with E-state index in [1.54, 1.807) is 18.2 Å². The van der Waals surface area contributed by atoms with E-state index >= 15 is 0 Å². The summed E-state index contributed by atoms with van der Waals surface area (Å²) in [4.78, 5) is 40.5. The van der Waals surface area contributed by atoms with Gasteiger partial charge in [0, 0.05) is 41.7 Å². The van der Waals surface area contributed by atoms with Gasteiger partial charge in [0.25, 0.3) is 15.7 Å². The molecule has 246 valence electrons.